The maximum Gasteiger partial charge on any atom is 0.325 e. The molecule has 0 unspecified atom stereocenters. The molecule has 0 N–H and O–H groups in total. The van der Waals surface area contributed by atoms with Gasteiger partial charge in [0.15, 0.2) is 0 Å². The zero-order valence-electron chi connectivity index (χ0n) is 28.3. The van der Waals surface area contributed by atoms with Crippen LogP contribution in [0.2, 0.25) is 0 Å². The molecule has 0 saturated carbocycles. The summed E-state index contributed by atoms with van der Waals surface area (Å²) in [5.74, 6) is -0.218. The summed E-state index contributed by atoms with van der Waals surface area (Å²) in [4.78, 5) is 43.1. The van der Waals surface area contributed by atoms with Crippen molar-refractivity contribution in [2.75, 3.05) is 38.5 Å². The lowest BCUT2D eigenvalue weighted by Crippen LogP contribution is -2.40. The van der Waals surface area contributed by atoms with Gasteiger partial charge in [0, 0.05) is 5.75 Å². The largest absolute Gasteiger partial charge is 0.461 e. The summed E-state index contributed by atoms with van der Waals surface area (Å²) < 4.78 is 11.8. The number of ether oxygens (including phenoxy) is 2. The van der Waals surface area contributed by atoms with Gasteiger partial charge in [-0.25, -0.2) is 0 Å². The van der Waals surface area contributed by atoms with Crippen LogP contribution in [0, 0.1) is 0 Å². The van der Waals surface area contributed by atoms with Gasteiger partial charge in [-0.1, -0.05) is 105 Å². The highest BCUT2D eigenvalue weighted by molar-refractivity contribution is 8.13. The van der Waals surface area contributed by atoms with E-state index in [2.05, 4.69) is 46.4 Å². The molecule has 0 rings (SSSR count). The van der Waals surface area contributed by atoms with E-state index in [1.165, 1.54) is 16.7 Å². The molecular formula is C34H66N2O5S. The smallest absolute Gasteiger partial charge is 0.325 e. The topological polar surface area (TPSA) is 76.1 Å². The van der Waals surface area contributed by atoms with E-state index in [0.717, 1.165) is 129 Å². The molecular weight excluding hydrogens is 548 g/mol. The van der Waals surface area contributed by atoms with Crippen LogP contribution < -0.4 is 0 Å². The van der Waals surface area contributed by atoms with Crippen molar-refractivity contribution in [1.82, 2.24) is 9.80 Å². The number of hydrogen-bond donors (Lipinski definition) is 0. The van der Waals surface area contributed by atoms with Crippen molar-refractivity contribution >= 4 is 28.9 Å². The second kappa shape index (κ2) is 28.5. The third kappa shape index (κ3) is 22.3. The Balaban J connectivity index is 5.37. The summed E-state index contributed by atoms with van der Waals surface area (Å²) in [6.07, 6.45) is 17.0. The van der Waals surface area contributed by atoms with Crippen LogP contribution >= 0.6 is 11.8 Å². The summed E-state index contributed by atoms with van der Waals surface area (Å²) >= 11 is 1.18. The highest BCUT2D eigenvalue weighted by atomic mass is 32.2. The molecule has 0 aliphatic rings. The molecule has 0 fully saturated rings. The molecule has 42 heavy (non-hydrogen) atoms. The molecule has 0 heterocycles. The third-order valence-electron chi connectivity index (χ3n) is 7.75. The van der Waals surface area contributed by atoms with Crippen LogP contribution in [-0.4, -0.2) is 77.7 Å². The first-order valence-corrected chi connectivity index (χ1v) is 18.4. The molecule has 0 atom stereocenters. The van der Waals surface area contributed by atoms with E-state index >= 15 is 0 Å². The quantitative estimate of drug-likeness (QED) is 0.0643. The maximum absolute atomic E-state index is 13.3. The molecule has 0 saturated heterocycles. The number of rotatable bonds is 28. The number of amides is 1. The average molecular weight is 615 g/mol. The Bertz CT molecular complexity index is 614. The number of carbonyl (C=O) groups is 3. The predicted octanol–water partition coefficient (Wildman–Crippen LogP) is 9.02. The Morgan fingerprint density at radius 1 is 0.571 bits per heavy atom. The van der Waals surface area contributed by atoms with Crippen molar-refractivity contribution in [1.29, 1.82) is 0 Å². The molecule has 7 nitrogen and oxygen atoms in total. The number of hydrogen-bond acceptors (Lipinski definition) is 7. The second-order valence-corrected chi connectivity index (χ2v) is 12.6. The lowest BCUT2D eigenvalue weighted by atomic mass is 10.0. The average Bonchev–Trinajstić information content (AvgIpc) is 2.97. The van der Waals surface area contributed by atoms with E-state index in [9.17, 15) is 14.4 Å². The van der Waals surface area contributed by atoms with Crippen LogP contribution in [0.5, 0.6) is 0 Å². The van der Waals surface area contributed by atoms with Crippen molar-refractivity contribution in [3.8, 4) is 0 Å². The van der Waals surface area contributed by atoms with Gasteiger partial charge in [-0.2, -0.15) is 0 Å². The van der Waals surface area contributed by atoms with Gasteiger partial charge in [0.25, 0.3) is 5.24 Å². The van der Waals surface area contributed by atoms with Crippen LogP contribution in [0.1, 0.15) is 151 Å². The summed E-state index contributed by atoms with van der Waals surface area (Å²) in [5, 5.41) is -0.259. The SMILES string of the molecule is CCCCCC(CCCCC)OC(=O)CN(CC(=O)OC(CCCCC)CCCCC)C(=O)SCCCN(CC)CC. The Morgan fingerprint density at radius 3 is 1.29 bits per heavy atom. The minimum Gasteiger partial charge on any atom is -0.461 e. The number of thioether (sulfide) groups is 1. The molecule has 0 spiro atoms. The molecule has 0 aromatic heterocycles. The van der Waals surface area contributed by atoms with Gasteiger partial charge in [0.2, 0.25) is 0 Å². The first-order chi connectivity index (χ1) is 20.3. The number of carbonyl (C=O) groups excluding carboxylic acids is 3. The van der Waals surface area contributed by atoms with E-state index in [0.29, 0.717) is 5.75 Å². The first kappa shape index (κ1) is 40.7. The zero-order chi connectivity index (χ0) is 31.4. The molecule has 0 aliphatic heterocycles. The van der Waals surface area contributed by atoms with Gasteiger partial charge in [0.1, 0.15) is 25.3 Å². The molecule has 0 bridgehead atoms. The normalized spacial score (nSPS) is 11.5. The number of unbranched alkanes of at least 4 members (excludes halogenated alkanes) is 8. The fourth-order valence-corrected chi connectivity index (χ4v) is 5.79. The van der Waals surface area contributed by atoms with E-state index in [1.807, 2.05) is 0 Å². The van der Waals surface area contributed by atoms with E-state index in [-0.39, 0.29) is 30.5 Å². The number of esters is 2. The van der Waals surface area contributed by atoms with E-state index < -0.39 is 11.9 Å². The van der Waals surface area contributed by atoms with Crippen LogP contribution in [-0.2, 0) is 19.1 Å². The van der Waals surface area contributed by atoms with Crippen LogP contribution in [0.15, 0.2) is 0 Å². The highest BCUT2D eigenvalue weighted by Crippen LogP contribution is 2.18. The van der Waals surface area contributed by atoms with Crippen molar-refractivity contribution < 1.29 is 23.9 Å². The molecule has 0 aliphatic carbocycles. The van der Waals surface area contributed by atoms with Crippen molar-refractivity contribution in [3.05, 3.63) is 0 Å². The summed E-state index contributed by atoms with van der Waals surface area (Å²) in [5.41, 5.74) is 0. The van der Waals surface area contributed by atoms with Crippen LogP contribution in [0.3, 0.4) is 0 Å². The predicted molar refractivity (Wildman–Crippen MR) is 178 cm³/mol. The molecule has 0 aromatic rings. The Hall–Kier alpha value is -1.28. The van der Waals surface area contributed by atoms with E-state index in [1.54, 1.807) is 0 Å². The Labute approximate surface area is 263 Å². The Kier molecular flexibility index (Phi) is 27.6. The van der Waals surface area contributed by atoms with Gasteiger partial charge < -0.3 is 19.3 Å². The molecule has 0 aromatic carbocycles. The van der Waals surface area contributed by atoms with Crippen molar-refractivity contribution in [3.63, 3.8) is 0 Å². The summed E-state index contributed by atoms with van der Waals surface area (Å²) in [7, 11) is 0. The lowest BCUT2D eigenvalue weighted by Gasteiger charge is -2.25. The molecule has 0 radical (unpaired) electrons. The first-order valence-electron chi connectivity index (χ1n) is 17.4. The van der Waals surface area contributed by atoms with Gasteiger partial charge in [-0.15, -0.1) is 0 Å². The lowest BCUT2D eigenvalue weighted by molar-refractivity contribution is -0.153. The molecule has 8 heteroatoms. The van der Waals surface area contributed by atoms with Crippen LogP contribution in [0.25, 0.3) is 0 Å². The molecule has 248 valence electrons. The van der Waals surface area contributed by atoms with Gasteiger partial charge in [0.05, 0.1) is 0 Å². The van der Waals surface area contributed by atoms with Crippen molar-refractivity contribution in [2.45, 2.75) is 163 Å². The van der Waals surface area contributed by atoms with Gasteiger partial charge in [-0.3, -0.25) is 14.4 Å². The maximum atomic E-state index is 13.3. The second-order valence-electron chi connectivity index (χ2n) is 11.6. The monoisotopic (exact) mass is 614 g/mol. The third-order valence-corrected chi connectivity index (χ3v) is 8.75. The van der Waals surface area contributed by atoms with Crippen LogP contribution in [0.4, 0.5) is 4.79 Å². The fourth-order valence-electron chi connectivity index (χ4n) is 5.03. The summed E-state index contributed by atoms with van der Waals surface area (Å²) in [6.45, 7) is 15.4. The van der Waals surface area contributed by atoms with E-state index in [4.69, 9.17) is 9.47 Å². The standard InChI is InChI=1S/C34H66N2O5S/c1-7-13-17-22-30(23-18-14-8-2)40-32(37)28-36(34(39)42-27-21-26-35(11-5)12-6)29-33(38)41-31(24-19-15-9-3)25-20-16-10-4/h30-31H,7-29H2,1-6H3. The van der Waals surface area contributed by atoms with Crippen molar-refractivity contribution in [2.24, 2.45) is 0 Å². The fraction of sp³-hybridized carbons (Fsp3) is 0.912. The minimum atomic E-state index is -0.430. The number of nitrogens with zero attached hydrogens (tertiary/aromatic N) is 2. The molecule has 1 amide bonds. The summed E-state index contributed by atoms with van der Waals surface area (Å²) in [6, 6.07) is 0. The van der Waals surface area contributed by atoms with Gasteiger partial charge >= 0.3 is 11.9 Å². The minimum absolute atomic E-state index is 0.136. The highest BCUT2D eigenvalue weighted by Gasteiger charge is 2.25. The van der Waals surface area contributed by atoms with Gasteiger partial charge in [-0.05, 0) is 77.4 Å². The Morgan fingerprint density at radius 2 is 0.952 bits per heavy atom. The zero-order valence-corrected chi connectivity index (χ0v) is 29.1.